The van der Waals surface area contributed by atoms with Gasteiger partial charge in [0.2, 0.25) is 0 Å². The molecule has 1 N–H and O–H groups in total. The summed E-state index contributed by atoms with van der Waals surface area (Å²) in [5.74, 6) is -0.527. The van der Waals surface area contributed by atoms with E-state index in [-0.39, 0.29) is 24.5 Å². The lowest BCUT2D eigenvalue weighted by molar-refractivity contribution is -0.125. The van der Waals surface area contributed by atoms with Gasteiger partial charge in [0.25, 0.3) is 5.91 Å². The monoisotopic (exact) mass is 345 g/mol. The van der Waals surface area contributed by atoms with Crippen molar-refractivity contribution in [2.45, 2.75) is 33.2 Å². The van der Waals surface area contributed by atoms with Gasteiger partial charge >= 0.3 is 5.97 Å². The van der Waals surface area contributed by atoms with Gasteiger partial charge in [0.05, 0.1) is 6.04 Å². The number of carbonyl (C=O) groups excluding carboxylic acids is 2. The van der Waals surface area contributed by atoms with Crippen LogP contribution in [0.3, 0.4) is 0 Å². The topological polar surface area (TPSA) is 55.4 Å². The molecule has 2 aromatic rings. The summed E-state index contributed by atoms with van der Waals surface area (Å²) in [6, 6.07) is 11.6. The fraction of sp³-hybridized carbons (Fsp3) is 0.368. The number of hydrogen-bond donors (Lipinski definition) is 1. The Balaban J connectivity index is 1.94. The van der Waals surface area contributed by atoms with E-state index in [1.165, 1.54) is 16.9 Å². The van der Waals surface area contributed by atoms with E-state index >= 15 is 0 Å². The lowest BCUT2D eigenvalue weighted by Crippen LogP contribution is -2.34. The molecule has 0 spiro atoms. The van der Waals surface area contributed by atoms with Crippen LogP contribution in [0.2, 0.25) is 0 Å². The summed E-state index contributed by atoms with van der Waals surface area (Å²) >= 11 is 1.30. The third-order valence-corrected chi connectivity index (χ3v) is 4.64. The van der Waals surface area contributed by atoms with Crippen molar-refractivity contribution in [3.05, 3.63) is 57.8 Å². The Morgan fingerprint density at radius 1 is 1.17 bits per heavy atom. The summed E-state index contributed by atoms with van der Waals surface area (Å²) in [4.78, 5) is 24.4. The molecular weight excluding hydrogens is 322 g/mol. The van der Waals surface area contributed by atoms with Gasteiger partial charge in [0.1, 0.15) is 4.88 Å². The van der Waals surface area contributed by atoms with Crippen LogP contribution < -0.4 is 5.32 Å². The van der Waals surface area contributed by atoms with E-state index in [1.807, 2.05) is 12.1 Å². The number of benzene rings is 1. The summed E-state index contributed by atoms with van der Waals surface area (Å²) in [5.41, 5.74) is 2.32. The van der Waals surface area contributed by atoms with Crippen LogP contribution >= 0.6 is 11.3 Å². The number of thiophene rings is 1. The van der Waals surface area contributed by atoms with E-state index in [4.69, 9.17) is 4.74 Å². The minimum atomic E-state index is -0.464. The van der Waals surface area contributed by atoms with E-state index in [9.17, 15) is 9.59 Å². The Bertz CT molecular complexity index is 662. The van der Waals surface area contributed by atoms with Gasteiger partial charge in [-0.3, -0.25) is 4.79 Å². The Hall–Kier alpha value is -2.14. The van der Waals surface area contributed by atoms with E-state index in [1.54, 1.807) is 17.5 Å². The zero-order valence-corrected chi connectivity index (χ0v) is 15.1. The van der Waals surface area contributed by atoms with Crippen molar-refractivity contribution in [2.75, 3.05) is 6.61 Å². The van der Waals surface area contributed by atoms with Gasteiger partial charge in [-0.25, -0.2) is 4.79 Å². The lowest BCUT2D eigenvalue weighted by Gasteiger charge is -2.23. The molecule has 128 valence electrons. The number of aryl methyl sites for hydroxylation is 1. The predicted molar refractivity (Wildman–Crippen MR) is 96.1 cm³/mol. The molecule has 0 bridgehead atoms. The van der Waals surface area contributed by atoms with E-state index in [0.29, 0.717) is 4.88 Å². The number of carbonyl (C=O) groups is 2. The molecule has 0 aliphatic rings. The molecule has 1 aromatic carbocycles. The number of rotatable bonds is 7. The summed E-state index contributed by atoms with van der Waals surface area (Å²) in [5, 5.41) is 4.76. The Kier molecular flexibility index (Phi) is 6.55. The van der Waals surface area contributed by atoms with Crippen LogP contribution in [-0.2, 0) is 16.0 Å². The van der Waals surface area contributed by atoms with Crippen molar-refractivity contribution in [3.63, 3.8) is 0 Å². The van der Waals surface area contributed by atoms with Crippen LogP contribution in [0, 0.1) is 5.92 Å². The summed E-state index contributed by atoms with van der Waals surface area (Å²) in [6.07, 6.45) is 0.984. The first-order chi connectivity index (χ1) is 11.5. The molecule has 24 heavy (non-hydrogen) atoms. The SMILES string of the molecule is CCc1ccc([C@@H](NC(=O)COC(=O)c2cccs2)C(C)C)cc1. The second-order valence-corrected chi connectivity index (χ2v) is 6.89. The quantitative estimate of drug-likeness (QED) is 0.772. The van der Waals surface area contributed by atoms with Gasteiger partial charge in [0, 0.05) is 0 Å². The van der Waals surface area contributed by atoms with Gasteiger partial charge in [-0.05, 0) is 34.9 Å². The highest BCUT2D eigenvalue weighted by atomic mass is 32.1. The third-order valence-electron chi connectivity index (χ3n) is 3.79. The molecule has 0 saturated carbocycles. The highest BCUT2D eigenvalue weighted by Gasteiger charge is 2.19. The molecule has 1 heterocycles. The van der Waals surface area contributed by atoms with Gasteiger partial charge in [-0.1, -0.05) is 51.1 Å². The number of esters is 1. The molecule has 0 radical (unpaired) electrons. The Morgan fingerprint density at radius 2 is 1.88 bits per heavy atom. The normalized spacial score (nSPS) is 12.0. The molecule has 0 fully saturated rings. The van der Waals surface area contributed by atoms with Crippen molar-refractivity contribution >= 4 is 23.2 Å². The van der Waals surface area contributed by atoms with Crippen LogP contribution in [-0.4, -0.2) is 18.5 Å². The second-order valence-electron chi connectivity index (χ2n) is 5.94. The molecule has 0 unspecified atom stereocenters. The molecule has 0 aliphatic carbocycles. The van der Waals surface area contributed by atoms with Crippen LogP contribution in [0.4, 0.5) is 0 Å². The Labute approximate surface area is 146 Å². The first-order valence-electron chi connectivity index (χ1n) is 8.10. The fourth-order valence-corrected chi connectivity index (χ4v) is 3.02. The van der Waals surface area contributed by atoms with Crippen molar-refractivity contribution in [1.29, 1.82) is 0 Å². The van der Waals surface area contributed by atoms with Gasteiger partial charge in [0.15, 0.2) is 6.61 Å². The van der Waals surface area contributed by atoms with Crippen molar-refractivity contribution in [2.24, 2.45) is 5.92 Å². The molecule has 1 aromatic heterocycles. The Morgan fingerprint density at radius 3 is 2.42 bits per heavy atom. The maximum Gasteiger partial charge on any atom is 0.348 e. The molecule has 4 nitrogen and oxygen atoms in total. The van der Waals surface area contributed by atoms with Gasteiger partial charge in [-0.15, -0.1) is 11.3 Å². The molecule has 5 heteroatoms. The standard InChI is InChI=1S/C19H23NO3S/c1-4-14-7-9-15(10-8-14)18(13(2)3)20-17(21)12-23-19(22)16-6-5-11-24-16/h5-11,13,18H,4,12H2,1-3H3,(H,20,21)/t18-/m0/s1. The molecule has 0 saturated heterocycles. The zero-order chi connectivity index (χ0) is 17.5. The van der Waals surface area contributed by atoms with Gasteiger partial charge < -0.3 is 10.1 Å². The fourth-order valence-electron chi connectivity index (χ4n) is 2.41. The van der Waals surface area contributed by atoms with Crippen LogP contribution in [0.25, 0.3) is 0 Å². The summed E-state index contributed by atoms with van der Waals surface area (Å²) in [7, 11) is 0. The highest BCUT2D eigenvalue weighted by molar-refractivity contribution is 7.11. The molecule has 1 atom stereocenters. The first kappa shape index (κ1) is 18.2. The van der Waals surface area contributed by atoms with Crippen LogP contribution in [0.5, 0.6) is 0 Å². The summed E-state index contributed by atoms with van der Waals surface area (Å²) < 4.78 is 5.06. The number of ether oxygens (including phenoxy) is 1. The van der Waals surface area contributed by atoms with E-state index < -0.39 is 5.97 Å². The van der Waals surface area contributed by atoms with E-state index in [2.05, 4.69) is 38.2 Å². The summed E-state index contributed by atoms with van der Waals surface area (Å²) in [6.45, 7) is 5.94. The highest BCUT2D eigenvalue weighted by Crippen LogP contribution is 2.22. The predicted octanol–water partition coefficient (Wildman–Crippen LogP) is 3.98. The largest absolute Gasteiger partial charge is 0.451 e. The molecule has 2 rings (SSSR count). The average molecular weight is 345 g/mol. The lowest BCUT2D eigenvalue weighted by atomic mass is 9.95. The number of nitrogens with one attached hydrogen (secondary N) is 1. The second kappa shape index (κ2) is 8.64. The average Bonchev–Trinajstić information content (AvgIpc) is 3.12. The smallest absolute Gasteiger partial charge is 0.348 e. The maximum absolute atomic E-state index is 12.1. The molecular formula is C19H23NO3S. The first-order valence-corrected chi connectivity index (χ1v) is 8.98. The third kappa shape index (κ3) is 4.93. The van der Waals surface area contributed by atoms with Crippen LogP contribution in [0.1, 0.15) is 47.6 Å². The maximum atomic E-state index is 12.1. The van der Waals surface area contributed by atoms with Crippen LogP contribution in [0.15, 0.2) is 41.8 Å². The molecule has 1 amide bonds. The van der Waals surface area contributed by atoms with Crippen molar-refractivity contribution in [1.82, 2.24) is 5.32 Å². The zero-order valence-electron chi connectivity index (χ0n) is 14.2. The van der Waals surface area contributed by atoms with E-state index in [0.717, 1.165) is 12.0 Å². The number of hydrogen-bond acceptors (Lipinski definition) is 4. The number of amides is 1. The van der Waals surface area contributed by atoms with Crippen molar-refractivity contribution in [3.8, 4) is 0 Å². The minimum Gasteiger partial charge on any atom is -0.451 e. The van der Waals surface area contributed by atoms with Crippen molar-refractivity contribution < 1.29 is 14.3 Å². The minimum absolute atomic E-state index is 0.108. The van der Waals surface area contributed by atoms with Gasteiger partial charge in [-0.2, -0.15) is 0 Å². The molecule has 0 aliphatic heterocycles.